The highest BCUT2D eigenvalue weighted by Gasteiger charge is 2.42. The van der Waals surface area contributed by atoms with E-state index in [1.165, 1.54) is 0 Å². The highest BCUT2D eigenvalue weighted by atomic mass is 32.2. The Balaban J connectivity index is 1.02. The predicted octanol–water partition coefficient (Wildman–Crippen LogP) is 2.45. The van der Waals surface area contributed by atoms with Crippen molar-refractivity contribution in [3.8, 4) is 0 Å². The number of ether oxygens (including phenoxy) is 3. The lowest BCUT2D eigenvalue weighted by Gasteiger charge is -2.21. The van der Waals surface area contributed by atoms with Gasteiger partial charge in [-0.15, -0.1) is 0 Å². The molecule has 3 aliphatic heterocycles. The van der Waals surface area contributed by atoms with Gasteiger partial charge in [0.1, 0.15) is 0 Å². The van der Waals surface area contributed by atoms with Crippen LogP contribution in [0.4, 0.5) is 4.79 Å². The smallest absolute Gasteiger partial charge is 0.315 e. The molecule has 0 spiro atoms. The van der Waals surface area contributed by atoms with E-state index in [0.29, 0.717) is 77.2 Å². The molecule has 44 heavy (non-hydrogen) atoms. The van der Waals surface area contributed by atoms with Crippen LogP contribution in [-0.4, -0.2) is 124 Å². The van der Waals surface area contributed by atoms with Crippen molar-refractivity contribution in [2.45, 2.75) is 94.6 Å². The third-order valence-electron chi connectivity index (χ3n) is 7.93. The lowest BCUT2D eigenvalue weighted by molar-refractivity contribution is -0.122. The van der Waals surface area contributed by atoms with Gasteiger partial charge >= 0.3 is 6.03 Å². The van der Waals surface area contributed by atoms with Crippen LogP contribution < -0.4 is 21.3 Å². The number of rotatable bonds is 27. The van der Waals surface area contributed by atoms with Gasteiger partial charge in [-0.2, -0.15) is 22.0 Å². The van der Waals surface area contributed by atoms with Gasteiger partial charge in [-0.1, -0.05) is 13.3 Å². The van der Waals surface area contributed by atoms with E-state index in [1.54, 1.807) is 0 Å². The standard InChI is InChI=1S/C30H55N7O6S/c1-3-14-37(16-13-32-27(39)10-11-30(2)35-36-30)15-7-18-42-20-22-43-21-19-41-17-6-12-31-26(38)9-5-4-8-25-28-24(23-44-25)33-29(40)34-28/h24-25,28H,3-23H2,1-2H3,(H,31,38)(H,32,39)(H2,33,34,40). The van der Waals surface area contributed by atoms with Gasteiger partial charge < -0.3 is 40.4 Å². The SMILES string of the molecule is CCCN(CCCOCCOCCOCCCNC(=O)CCCCC1SCC2NC(=O)NC21)CCNC(=O)CCC1(C)N=N1. The molecule has 0 aromatic rings. The molecular formula is C30H55N7O6S. The topological polar surface area (TPSA) is 155 Å². The summed E-state index contributed by atoms with van der Waals surface area (Å²) in [6.45, 7) is 11.6. The van der Waals surface area contributed by atoms with Crippen molar-refractivity contribution in [3.63, 3.8) is 0 Å². The second-order valence-corrected chi connectivity index (χ2v) is 13.1. The van der Waals surface area contributed by atoms with Crippen LogP contribution in [0.3, 0.4) is 0 Å². The Hall–Kier alpha value is -2.00. The molecule has 4 amide bonds. The summed E-state index contributed by atoms with van der Waals surface area (Å²) in [7, 11) is 0. The first-order chi connectivity index (χ1) is 21.4. The fourth-order valence-corrected chi connectivity index (χ4v) is 6.87. The average Bonchev–Trinajstić information content (AvgIpc) is 3.46. The third-order valence-corrected chi connectivity index (χ3v) is 9.44. The van der Waals surface area contributed by atoms with Crippen molar-refractivity contribution in [1.82, 2.24) is 26.2 Å². The van der Waals surface area contributed by atoms with E-state index in [-0.39, 0.29) is 35.6 Å². The summed E-state index contributed by atoms with van der Waals surface area (Å²) < 4.78 is 16.9. The molecule has 4 N–H and O–H groups in total. The molecule has 0 bridgehead atoms. The highest BCUT2D eigenvalue weighted by Crippen LogP contribution is 2.33. The predicted molar refractivity (Wildman–Crippen MR) is 171 cm³/mol. The minimum atomic E-state index is -0.316. The number of urea groups is 1. The zero-order chi connectivity index (χ0) is 31.5. The van der Waals surface area contributed by atoms with E-state index in [2.05, 4.69) is 43.3 Å². The number of carbonyl (C=O) groups excluding carboxylic acids is 3. The van der Waals surface area contributed by atoms with Crippen LogP contribution in [0.1, 0.15) is 71.6 Å². The van der Waals surface area contributed by atoms with E-state index in [0.717, 1.165) is 63.9 Å². The maximum absolute atomic E-state index is 12.1. The maximum Gasteiger partial charge on any atom is 0.315 e. The van der Waals surface area contributed by atoms with Crippen LogP contribution in [-0.2, 0) is 23.8 Å². The number of hydrogen-bond donors (Lipinski definition) is 4. The molecule has 0 aliphatic carbocycles. The molecule has 3 atom stereocenters. The molecule has 0 aromatic carbocycles. The summed E-state index contributed by atoms with van der Waals surface area (Å²) >= 11 is 1.91. The molecule has 3 heterocycles. The maximum atomic E-state index is 12.1. The fraction of sp³-hybridized carbons (Fsp3) is 0.900. The summed E-state index contributed by atoms with van der Waals surface area (Å²) in [4.78, 5) is 37.9. The van der Waals surface area contributed by atoms with Gasteiger partial charge in [-0.25, -0.2) is 4.79 Å². The van der Waals surface area contributed by atoms with Crippen molar-refractivity contribution < 1.29 is 28.6 Å². The minimum absolute atomic E-state index is 0.0520. The fourth-order valence-electron chi connectivity index (χ4n) is 5.33. The zero-order valence-electron chi connectivity index (χ0n) is 26.8. The van der Waals surface area contributed by atoms with Gasteiger partial charge in [0.25, 0.3) is 0 Å². The van der Waals surface area contributed by atoms with Crippen molar-refractivity contribution in [2.24, 2.45) is 10.2 Å². The highest BCUT2D eigenvalue weighted by molar-refractivity contribution is 8.00. The number of thioether (sulfide) groups is 1. The number of carbonyl (C=O) groups is 3. The molecule has 3 unspecified atom stereocenters. The molecule has 2 fully saturated rings. The Morgan fingerprint density at radius 3 is 2.30 bits per heavy atom. The molecule has 0 saturated carbocycles. The first-order valence-electron chi connectivity index (χ1n) is 16.5. The van der Waals surface area contributed by atoms with Gasteiger partial charge in [-0.05, 0) is 45.6 Å². The van der Waals surface area contributed by atoms with Gasteiger partial charge in [-0.3, -0.25) is 9.59 Å². The van der Waals surface area contributed by atoms with Crippen molar-refractivity contribution in [1.29, 1.82) is 0 Å². The number of fused-ring (bicyclic) bond motifs is 1. The largest absolute Gasteiger partial charge is 0.379 e. The Bertz CT molecular complexity index is 892. The van der Waals surface area contributed by atoms with Crippen LogP contribution in [0.5, 0.6) is 0 Å². The van der Waals surface area contributed by atoms with Crippen molar-refractivity contribution >= 4 is 29.6 Å². The lowest BCUT2D eigenvalue weighted by atomic mass is 10.0. The Kier molecular flexibility index (Phi) is 17.3. The Morgan fingerprint density at radius 1 is 0.886 bits per heavy atom. The summed E-state index contributed by atoms with van der Waals surface area (Å²) in [5, 5.41) is 20.3. The molecule has 2 saturated heterocycles. The molecule has 3 rings (SSSR count). The van der Waals surface area contributed by atoms with E-state index in [4.69, 9.17) is 14.2 Å². The molecule has 14 heteroatoms. The minimum Gasteiger partial charge on any atom is -0.379 e. The Morgan fingerprint density at radius 2 is 1.57 bits per heavy atom. The molecule has 252 valence electrons. The summed E-state index contributed by atoms with van der Waals surface area (Å²) in [6.07, 6.45) is 7.36. The quantitative estimate of drug-likeness (QED) is 0.0788. The molecule has 0 aromatic heterocycles. The van der Waals surface area contributed by atoms with E-state index < -0.39 is 0 Å². The molecule has 0 radical (unpaired) electrons. The monoisotopic (exact) mass is 641 g/mol. The number of nitrogens with zero attached hydrogens (tertiary/aromatic N) is 3. The van der Waals surface area contributed by atoms with Gasteiger partial charge in [0.15, 0.2) is 5.66 Å². The van der Waals surface area contributed by atoms with Crippen molar-refractivity contribution in [3.05, 3.63) is 0 Å². The van der Waals surface area contributed by atoms with Crippen LogP contribution >= 0.6 is 11.8 Å². The van der Waals surface area contributed by atoms with Gasteiger partial charge in [0, 0.05) is 69.7 Å². The number of unbranched alkanes of at least 4 members (excludes halogenated alkanes) is 1. The first-order valence-corrected chi connectivity index (χ1v) is 17.5. The summed E-state index contributed by atoms with van der Waals surface area (Å²) in [5.74, 6) is 1.12. The second kappa shape index (κ2) is 20.9. The van der Waals surface area contributed by atoms with E-state index in [1.807, 2.05) is 18.7 Å². The molecule has 13 nitrogen and oxygen atoms in total. The number of nitrogens with one attached hydrogen (secondary N) is 4. The van der Waals surface area contributed by atoms with Crippen LogP contribution in [0, 0.1) is 0 Å². The molecular weight excluding hydrogens is 586 g/mol. The second-order valence-electron chi connectivity index (χ2n) is 11.9. The van der Waals surface area contributed by atoms with Crippen LogP contribution in [0.15, 0.2) is 10.2 Å². The summed E-state index contributed by atoms with van der Waals surface area (Å²) in [6, 6.07) is 0.438. The van der Waals surface area contributed by atoms with Crippen molar-refractivity contribution in [2.75, 3.05) is 78.1 Å². The zero-order valence-corrected chi connectivity index (χ0v) is 27.6. The molecule has 3 aliphatic rings. The first kappa shape index (κ1) is 36.5. The average molecular weight is 642 g/mol. The Labute approximate surface area is 267 Å². The van der Waals surface area contributed by atoms with Gasteiger partial charge in [0.2, 0.25) is 11.8 Å². The van der Waals surface area contributed by atoms with Crippen LogP contribution in [0.25, 0.3) is 0 Å². The summed E-state index contributed by atoms with van der Waals surface area (Å²) in [5.41, 5.74) is -0.316. The number of amides is 4. The third kappa shape index (κ3) is 15.3. The number of hydrogen-bond acceptors (Lipinski definition) is 10. The van der Waals surface area contributed by atoms with Gasteiger partial charge in [0.05, 0.1) is 38.5 Å². The van der Waals surface area contributed by atoms with Crippen LogP contribution in [0.2, 0.25) is 0 Å². The van der Waals surface area contributed by atoms with E-state index >= 15 is 0 Å². The normalized spacial score (nSPS) is 21.2. The van der Waals surface area contributed by atoms with E-state index in [9.17, 15) is 14.4 Å². The lowest BCUT2D eigenvalue weighted by Crippen LogP contribution is -2.36.